The molecule has 2 aromatic carbocycles. The third-order valence-electron chi connectivity index (χ3n) is 3.94. The molecule has 0 aliphatic carbocycles. The number of hydrogen-bond donors (Lipinski definition) is 2. The van der Waals surface area contributed by atoms with Crippen LogP contribution >= 0.6 is 0 Å². The van der Waals surface area contributed by atoms with Gasteiger partial charge in [0.05, 0.1) is 25.9 Å². The van der Waals surface area contributed by atoms with E-state index < -0.39 is 21.9 Å². The Labute approximate surface area is 165 Å². The Balaban J connectivity index is 2.00. The Bertz CT molecular complexity index is 1210. The average molecular weight is 420 g/mol. The van der Waals surface area contributed by atoms with Gasteiger partial charge in [0.2, 0.25) is 5.75 Å². The number of carbonyl (C=O) groups is 1. The number of carbonyl (C=O) groups excluding carboxylic acids is 1. The topological polar surface area (TPSA) is 132 Å². The minimum Gasteiger partial charge on any atom is -0.504 e. The number of aromatic hydroxyl groups is 1. The molecule has 10 heteroatoms. The molecule has 0 atom stereocenters. The summed E-state index contributed by atoms with van der Waals surface area (Å²) < 4.78 is 50.5. The van der Waals surface area contributed by atoms with E-state index in [4.69, 9.17) is 18.4 Å². The van der Waals surface area contributed by atoms with Crippen molar-refractivity contribution in [2.45, 2.75) is 0 Å². The Kier molecular flexibility index (Phi) is 5.48. The molecule has 1 aromatic heterocycles. The number of phenolic OH excluding ortho intramolecular Hbond substituents is 1. The Morgan fingerprint density at radius 1 is 1.14 bits per heavy atom. The lowest BCUT2D eigenvalue weighted by molar-refractivity contribution is 0.104. The Morgan fingerprint density at radius 2 is 1.86 bits per heavy atom. The highest BCUT2D eigenvalue weighted by Crippen LogP contribution is 2.45. The van der Waals surface area contributed by atoms with Crippen molar-refractivity contribution in [3.63, 3.8) is 0 Å². The lowest BCUT2D eigenvalue weighted by Gasteiger charge is -2.13. The van der Waals surface area contributed by atoms with E-state index in [9.17, 15) is 18.3 Å². The van der Waals surface area contributed by atoms with E-state index in [1.807, 2.05) is 0 Å². The predicted octanol–water partition coefficient (Wildman–Crippen LogP) is 3.23. The molecule has 0 unspecified atom stereocenters. The second-order valence-electron chi connectivity index (χ2n) is 5.73. The molecule has 0 saturated heterocycles. The van der Waals surface area contributed by atoms with Crippen LogP contribution in [0.5, 0.6) is 23.0 Å². The Hall–Kier alpha value is -3.50. The van der Waals surface area contributed by atoms with Crippen molar-refractivity contribution in [3.05, 3.63) is 53.8 Å². The number of benzene rings is 2. The highest BCUT2D eigenvalue weighted by Gasteiger charge is 2.26. The monoisotopic (exact) mass is 420 g/mol. The number of phenols is 1. The van der Waals surface area contributed by atoms with Gasteiger partial charge in [-0.2, -0.15) is 8.42 Å². The first-order valence-electron chi connectivity index (χ1n) is 8.08. The van der Waals surface area contributed by atoms with Gasteiger partial charge in [-0.1, -0.05) is 18.2 Å². The van der Waals surface area contributed by atoms with E-state index in [1.165, 1.54) is 44.8 Å². The molecular weight excluding hydrogens is 404 g/mol. The van der Waals surface area contributed by atoms with Gasteiger partial charge in [-0.05, 0) is 29.8 Å². The van der Waals surface area contributed by atoms with Gasteiger partial charge in [0.15, 0.2) is 17.1 Å². The summed E-state index contributed by atoms with van der Waals surface area (Å²) in [7, 11) is -1.99. The number of ketones is 1. The molecule has 152 valence electrons. The maximum Gasteiger partial charge on any atom is 0.446 e. The molecular formula is C19H16O9S. The fraction of sp³-hybridized carbons (Fsp3) is 0.105. The predicted molar refractivity (Wildman–Crippen MR) is 103 cm³/mol. The van der Waals surface area contributed by atoms with E-state index in [2.05, 4.69) is 4.18 Å². The summed E-state index contributed by atoms with van der Waals surface area (Å²) in [5.41, 5.74) is 0.520. The van der Waals surface area contributed by atoms with Gasteiger partial charge in [-0.3, -0.25) is 9.35 Å². The molecule has 0 spiro atoms. The van der Waals surface area contributed by atoms with Gasteiger partial charge in [-0.15, -0.1) is 0 Å². The molecule has 0 amide bonds. The number of allylic oxidation sites excluding steroid dienone is 1. The zero-order valence-corrected chi connectivity index (χ0v) is 16.1. The molecule has 0 saturated carbocycles. The molecule has 29 heavy (non-hydrogen) atoms. The first-order valence-corrected chi connectivity index (χ1v) is 9.45. The molecule has 0 fully saturated rings. The largest absolute Gasteiger partial charge is 0.504 e. The third-order valence-corrected chi connectivity index (χ3v) is 4.34. The number of furan rings is 1. The summed E-state index contributed by atoms with van der Waals surface area (Å²) in [6.45, 7) is 0. The van der Waals surface area contributed by atoms with Crippen molar-refractivity contribution >= 4 is 33.2 Å². The summed E-state index contributed by atoms with van der Waals surface area (Å²) in [6, 6.07) is 7.25. The standard InChI is InChI=1S/C19H16O9S/c1-25-17-13-8-9-27-18(13)19(26-2)16(21)15(17)14(20)7-6-11-4-3-5-12(10-11)28-29(22,23)24/h3-10,21H,1-2H3,(H,22,23,24). The van der Waals surface area contributed by atoms with Crippen molar-refractivity contribution in [2.24, 2.45) is 0 Å². The quantitative estimate of drug-likeness (QED) is 0.336. The fourth-order valence-electron chi connectivity index (χ4n) is 2.80. The summed E-state index contributed by atoms with van der Waals surface area (Å²) in [6.07, 6.45) is 3.92. The van der Waals surface area contributed by atoms with Crippen LogP contribution in [0.4, 0.5) is 0 Å². The molecule has 3 aromatic rings. The fourth-order valence-corrected chi connectivity index (χ4v) is 3.15. The molecule has 0 aliphatic rings. The molecule has 9 nitrogen and oxygen atoms in total. The third kappa shape index (κ3) is 4.18. The maximum absolute atomic E-state index is 12.8. The molecule has 0 radical (unpaired) electrons. The molecule has 0 bridgehead atoms. The van der Waals surface area contributed by atoms with Crippen LogP contribution in [0.15, 0.2) is 47.1 Å². The van der Waals surface area contributed by atoms with E-state index >= 15 is 0 Å². The number of methoxy groups -OCH3 is 2. The first-order chi connectivity index (χ1) is 13.7. The van der Waals surface area contributed by atoms with Crippen molar-refractivity contribution in [3.8, 4) is 23.0 Å². The van der Waals surface area contributed by atoms with Crippen LogP contribution < -0.4 is 13.7 Å². The smallest absolute Gasteiger partial charge is 0.446 e. The lowest BCUT2D eigenvalue weighted by Crippen LogP contribution is -2.06. The van der Waals surface area contributed by atoms with E-state index in [1.54, 1.807) is 12.1 Å². The highest BCUT2D eigenvalue weighted by molar-refractivity contribution is 7.81. The van der Waals surface area contributed by atoms with Crippen LogP contribution in [0.2, 0.25) is 0 Å². The van der Waals surface area contributed by atoms with Gasteiger partial charge >= 0.3 is 10.4 Å². The van der Waals surface area contributed by atoms with Gasteiger partial charge in [0.1, 0.15) is 17.1 Å². The van der Waals surface area contributed by atoms with Crippen molar-refractivity contribution in [1.82, 2.24) is 0 Å². The van der Waals surface area contributed by atoms with Crippen molar-refractivity contribution in [2.75, 3.05) is 14.2 Å². The van der Waals surface area contributed by atoms with Crippen LogP contribution in [-0.2, 0) is 10.4 Å². The average Bonchev–Trinajstić information content (AvgIpc) is 3.13. The second kappa shape index (κ2) is 7.86. The van der Waals surface area contributed by atoms with Crippen LogP contribution in [0, 0.1) is 0 Å². The van der Waals surface area contributed by atoms with E-state index in [0.29, 0.717) is 10.9 Å². The van der Waals surface area contributed by atoms with Gasteiger partial charge in [0, 0.05) is 0 Å². The van der Waals surface area contributed by atoms with Crippen LogP contribution in [0.3, 0.4) is 0 Å². The van der Waals surface area contributed by atoms with Crippen molar-refractivity contribution in [1.29, 1.82) is 0 Å². The van der Waals surface area contributed by atoms with Crippen LogP contribution in [-0.4, -0.2) is 38.1 Å². The number of hydrogen-bond acceptors (Lipinski definition) is 8. The minimum absolute atomic E-state index is 0.00824. The number of rotatable bonds is 7. The van der Waals surface area contributed by atoms with Gasteiger partial charge in [0.25, 0.3) is 0 Å². The molecule has 3 rings (SSSR count). The van der Waals surface area contributed by atoms with Gasteiger partial charge < -0.3 is 23.2 Å². The summed E-state index contributed by atoms with van der Waals surface area (Å²) in [4.78, 5) is 12.8. The first kappa shape index (κ1) is 20.2. The molecule has 0 aliphatic heterocycles. The number of ether oxygens (including phenoxy) is 2. The molecule has 2 N–H and O–H groups in total. The number of fused-ring (bicyclic) bond motifs is 1. The van der Waals surface area contributed by atoms with Crippen LogP contribution in [0.1, 0.15) is 15.9 Å². The zero-order valence-electron chi connectivity index (χ0n) is 15.3. The zero-order chi connectivity index (χ0) is 21.2. The summed E-state index contributed by atoms with van der Waals surface area (Å²) >= 11 is 0. The Morgan fingerprint density at radius 3 is 2.52 bits per heavy atom. The highest BCUT2D eigenvalue weighted by atomic mass is 32.3. The van der Waals surface area contributed by atoms with Gasteiger partial charge in [-0.25, -0.2) is 0 Å². The van der Waals surface area contributed by atoms with E-state index in [-0.39, 0.29) is 28.4 Å². The SMILES string of the molecule is COc1c(C(=O)C=Cc2cccc(OS(=O)(=O)O)c2)c(O)c(OC)c2occc12. The second-order valence-corrected chi connectivity index (χ2v) is 6.76. The van der Waals surface area contributed by atoms with Crippen molar-refractivity contribution < 1.29 is 40.9 Å². The maximum atomic E-state index is 12.8. The van der Waals surface area contributed by atoms with E-state index in [0.717, 1.165) is 6.08 Å². The summed E-state index contributed by atoms with van der Waals surface area (Å²) in [5, 5.41) is 11.0. The molecule has 1 heterocycles. The van der Waals surface area contributed by atoms with Crippen LogP contribution in [0.25, 0.3) is 17.0 Å². The minimum atomic E-state index is -4.67. The lowest BCUT2D eigenvalue weighted by atomic mass is 10.0. The summed E-state index contributed by atoms with van der Waals surface area (Å²) in [5.74, 6) is -1.06. The normalized spacial score (nSPS) is 11.7.